The number of aliphatic imine (C=N–C) groups is 1. The highest BCUT2D eigenvalue weighted by Gasteiger charge is 2.13. The van der Waals surface area contributed by atoms with E-state index in [-0.39, 0.29) is 18.4 Å². The van der Waals surface area contributed by atoms with E-state index in [9.17, 15) is 8.42 Å². The molecule has 0 aliphatic heterocycles. The van der Waals surface area contributed by atoms with Crippen molar-refractivity contribution in [2.45, 2.75) is 39.7 Å². The molecule has 0 saturated carbocycles. The molecule has 1 rings (SSSR count). The molecule has 0 heterocycles. The van der Waals surface area contributed by atoms with E-state index in [2.05, 4.69) is 29.5 Å². The van der Waals surface area contributed by atoms with Crippen LogP contribution in [0.1, 0.15) is 45.2 Å². The van der Waals surface area contributed by atoms with E-state index < -0.39 is 9.84 Å². The predicted molar refractivity (Wildman–Crippen MR) is 121 cm³/mol. The van der Waals surface area contributed by atoms with Crippen LogP contribution >= 0.6 is 0 Å². The SMILES string of the molecule is CCCOc1ccc(C(C)NC(=NC)NCCOCCS(C)(=O)=O)cc1OCCC. The zero-order chi connectivity index (χ0) is 22.4. The minimum atomic E-state index is -3.00. The van der Waals surface area contributed by atoms with E-state index in [1.54, 1.807) is 7.05 Å². The molecule has 0 bridgehead atoms. The zero-order valence-electron chi connectivity index (χ0n) is 18.9. The molecule has 8 nitrogen and oxygen atoms in total. The standard InChI is InChI=1S/C21H37N3O5S/c1-6-11-28-19-9-8-18(16-20(19)29-12-7-2)17(3)24-21(22-4)23-10-13-27-14-15-30(5,25)26/h8-9,16-17H,6-7,10-15H2,1-5H3,(H2,22,23,24). The summed E-state index contributed by atoms with van der Waals surface area (Å²) < 4.78 is 39.2. The van der Waals surface area contributed by atoms with E-state index in [1.807, 2.05) is 25.1 Å². The van der Waals surface area contributed by atoms with Crippen molar-refractivity contribution in [1.29, 1.82) is 0 Å². The van der Waals surface area contributed by atoms with Crippen LogP contribution in [0.25, 0.3) is 0 Å². The second kappa shape index (κ2) is 14.1. The molecule has 0 spiro atoms. The molecule has 0 fully saturated rings. The van der Waals surface area contributed by atoms with Crippen LogP contribution in [0.3, 0.4) is 0 Å². The lowest BCUT2D eigenvalue weighted by molar-refractivity contribution is 0.154. The van der Waals surface area contributed by atoms with Gasteiger partial charge in [0.15, 0.2) is 17.5 Å². The molecular formula is C21H37N3O5S. The van der Waals surface area contributed by atoms with Gasteiger partial charge in [0.1, 0.15) is 9.84 Å². The highest BCUT2D eigenvalue weighted by atomic mass is 32.2. The topological polar surface area (TPSA) is 98.2 Å². The van der Waals surface area contributed by atoms with Gasteiger partial charge in [0.05, 0.1) is 38.2 Å². The Morgan fingerprint density at radius 3 is 2.33 bits per heavy atom. The van der Waals surface area contributed by atoms with E-state index in [4.69, 9.17) is 14.2 Å². The Kier molecular flexibility index (Phi) is 12.2. The normalized spacial score (nSPS) is 13.0. The Balaban J connectivity index is 2.60. The smallest absolute Gasteiger partial charge is 0.191 e. The summed E-state index contributed by atoms with van der Waals surface area (Å²) in [6.07, 6.45) is 3.06. The number of hydrogen-bond acceptors (Lipinski definition) is 6. The maximum absolute atomic E-state index is 11.1. The number of rotatable bonds is 14. The molecule has 1 atom stereocenters. The first-order valence-electron chi connectivity index (χ1n) is 10.4. The van der Waals surface area contributed by atoms with Crippen LogP contribution in [0.2, 0.25) is 0 Å². The maximum Gasteiger partial charge on any atom is 0.191 e. The monoisotopic (exact) mass is 443 g/mol. The van der Waals surface area contributed by atoms with Crippen LogP contribution in [-0.2, 0) is 14.6 Å². The molecule has 0 saturated heterocycles. The van der Waals surface area contributed by atoms with Crippen LogP contribution in [-0.4, -0.2) is 66.4 Å². The van der Waals surface area contributed by atoms with Gasteiger partial charge in [0, 0.05) is 19.8 Å². The summed E-state index contributed by atoms with van der Waals surface area (Å²) in [4.78, 5) is 4.23. The summed E-state index contributed by atoms with van der Waals surface area (Å²) in [5.41, 5.74) is 1.05. The summed E-state index contributed by atoms with van der Waals surface area (Å²) in [7, 11) is -1.30. The number of nitrogens with one attached hydrogen (secondary N) is 2. The number of hydrogen-bond donors (Lipinski definition) is 2. The van der Waals surface area contributed by atoms with Gasteiger partial charge in [-0.25, -0.2) is 8.42 Å². The van der Waals surface area contributed by atoms with Crippen molar-refractivity contribution in [1.82, 2.24) is 10.6 Å². The Labute approximate surface area is 181 Å². The average molecular weight is 444 g/mol. The van der Waals surface area contributed by atoms with Gasteiger partial charge in [0.25, 0.3) is 0 Å². The fraction of sp³-hybridized carbons (Fsp3) is 0.667. The van der Waals surface area contributed by atoms with Crippen LogP contribution in [0.5, 0.6) is 11.5 Å². The molecule has 30 heavy (non-hydrogen) atoms. The first kappa shape index (κ1) is 26.0. The summed E-state index contributed by atoms with van der Waals surface area (Å²) in [5, 5.41) is 6.50. The van der Waals surface area contributed by atoms with Gasteiger partial charge >= 0.3 is 0 Å². The first-order valence-corrected chi connectivity index (χ1v) is 12.5. The van der Waals surface area contributed by atoms with Crippen molar-refractivity contribution in [2.24, 2.45) is 4.99 Å². The fourth-order valence-corrected chi connectivity index (χ4v) is 2.91. The highest BCUT2D eigenvalue weighted by Crippen LogP contribution is 2.31. The number of ether oxygens (including phenoxy) is 3. The summed E-state index contributed by atoms with van der Waals surface area (Å²) in [6.45, 7) is 8.57. The Morgan fingerprint density at radius 1 is 1.07 bits per heavy atom. The van der Waals surface area contributed by atoms with Crippen molar-refractivity contribution in [3.63, 3.8) is 0 Å². The molecule has 0 aliphatic rings. The zero-order valence-corrected chi connectivity index (χ0v) is 19.7. The predicted octanol–water partition coefficient (Wildman–Crippen LogP) is 2.55. The van der Waals surface area contributed by atoms with Gasteiger partial charge in [0.2, 0.25) is 0 Å². The third-order valence-electron chi connectivity index (χ3n) is 4.11. The molecule has 0 aliphatic carbocycles. The maximum atomic E-state index is 11.1. The molecule has 0 radical (unpaired) electrons. The minimum Gasteiger partial charge on any atom is -0.490 e. The summed E-state index contributed by atoms with van der Waals surface area (Å²) in [6, 6.07) is 5.95. The van der Waals surface area contributed by atoms with Gasteiger partial charge < -0.3 is 24.8 Å². The van der Waals surface area contributed by atoms with Crippen molar-refractivity contribution in [2.75, 3.05) is 52.0 Å². The van der Waals surface area contributed by atoms with Crippen LogP contribution in [0, 0.1) is 0 Å². The Bertz CT molecular complexity index is 753. The lowest BCUT2D eigenvalue weighted by Gasteiger charge is -2.20. The second-order valence-corrected chi connectivity index (χ2v) is 9.27. The van der Waals surface area contributed by atoms with E-state index in [1.165, 1.54) is 6.26 Å². The molecule has 9 heteroatoms. The third kappa shape index (κ3) is 10.7. The van der Waals surface area contributed by atoms with Crippen LogP contribution < -0.4 is 20.1 Å². The molecule has 1 unspecified atom stereocenters. The highest BCUT2D eigenvalue weighted by molar-refractivity contribution is 7.90. The minimum absolute atomic E-state index is 0.00782. The van der Waals surface area contributed by atoms with Gasteiger partial charge in [-0.3, -0.25) is 4.99 Å². The Hall–Kier alpha value is -2.00. The Morgan fingerprint density at radius 2 is 1.73 bits per heavy atom. The molecule has 1 aromatic rings. The number of nitrogens with zero attached hydrogens (tertiary/aromatic N) is 1. The van der Waals surface area contributed by atoms with Gasteiger partial charge in [-0.2, -0.15) is 0 Å². The molecule has 0 aromatic heterocycles. The second-order valence-electron chi connectivity index (χ2n) is 7.01. The van der Waals surface area contributed by atoms with E-state index in [0.717, 1.165) is 29.9 Å². The quantitative estimate of drug-likeness (QED) is 0.259. The molecule has 0 amide bonds. The molecule has 2 N–H and O–H groups in total. The van der Waals surface area contributed by atoms with Crippen molar-refractivity contribution in [3.05, 3.63) is 23.8 Å². The van der Waals surface area contributed by atoms with Gasteiger partial charge in [-0.1, -0.05) is 19.9 Å². The lowest BCUT2D eigenvalue weighted by atomic mass is 10.1. The van der Waals surface area contributed by atoms with Crippen molar-refractivity contribution in [3.8, 4) is 11.5 Å². The lowest BCUT2D eigenvalue weighted by Crippen LogP contribution is -2.40. The van der Waals surface area contributed by atoms with Crippen LogP contribution in [0.4, 0.5) is 0 Å². The van der Waals surface area contributed by atoms with E-state index in [0.29, 0.717) is 32.3 Å². The average Bonchev–Trinajstić information content (AvgIpc) is 2.71. The molecule has 1 aromatic carbocycles. The van der Waals surface area contributed by atoms with Crippen molar-refractivity contribution < 1.29 is 22.6 Å². The van der Waals surface area contributed by atoms with Crippen molar-refractivity contribution >= 4 is 15.8 Å². The first-order chi connectivity index (χ1) is 14.3. The summed E-state index contributed by atoms with van der Waals surface area (Å²) >= 11 is 0. The van der Waals surface area contributed by atoms with E-state index >= 15 is 0 Å². The summed E-state index contributed by atoms with van der Waals surface area (Å²) in [5.74, 6) is 2.17. The number of benzene rings is 1. The largest absolute Gasteiger partial charge is 0.490 e. The van der Waals surface area contributed by atoms with Crippen LogP contribution in [0.15, 0.2) is 23.2 Å². The van der Waals surface area contributed by atoms with Gasteiger partial charge in [-0.15, -0.1) is 0 Å². The third-order valence-corrected chi connectivity index (χ3v) is 5.01. The number of sulfone groups is 1. The number of guanidine groups is 1. The molecular weight excluding hydrogens is 406 g/mol. The molecule has 172 valence electrons. The van der Waals surface area contributed by atoms with Gasteiger partial charge in [-0.05, 0) is 37.5 Å². The fourth-order valence-electron chi connectivity index (χ4n) is 2.49.